The van der Waals surface area contributed by atoms with E-state index >= 15 is 0 Å². The van der Waals surface area contributed by atoms with Crippen LogP contribution in [0.2, 0.25) is 5.02 Å². The van der Waals surface area contributed by atoms with E-state index in [-0.39, 0.29) is 19.9 Å². The molecule has 2 aromatic carbocycles. The maximum atomic E-state index is 12.4. The number of halogens is 1. The number of fused-ring (bicyclic) bond motifs is 1. The van der Waals surface area contributed by atoms with Crippen molar-refractivity contribution in [1.82, 2.24) is 10.3 Å². The maximum absolute atomic E-state index is 12.4. The third-order valence-corrected chi connectivity index (χ3v) is 5.83. The lowest BCUT2D eigenvalue weighted by molar-refractivity contribution is -0.124. The van der Waals surface area contributed by atoms with Crippen LogP contribution >= 0.6 is 22.9 Å². The molecule has 0 saturated carbocycles. The maximum Gasteiger partial charge on any atom is 0.350 e. The van der Waals surface area contributed by atoms with Crippen LogP contribution < -0.4 is 19.5 Å². The number of aromatic nitrogens is 1. The smallest absolute Gasteiger partial charge is 0.350 e. The van der Waals surface area contributed by atoms with Crippen LogP contribution in [0.5, 0.6) is 17.2 Å². The Balaban J connectivity index is 1.24. The predicted molar refractivity (Wildman–Crippen MR) is 117 cm³/mol. The minimum Gasteiger partial charge on any atom is -0.486 e. The number of amides is 1. The van der Waals surface area contributed by atoms with Gasteiger partial charge in [-0.05, 0) is 48.9 Å². The van der Waals surface area contributed by atoms with Crippen molar-refractivity contribution in [3.05, 3.63) is 68.6 Å². The number of hydrogen-bond acceptors (Lipinski definition) is 8. The molecule has 0 unspecified atom stereocenters. The summed E-state index contributed by atoms with van der Waals surface area (Å²) in [5, 5.41) is 3.94. The second kappa shape index (κ2) is 9.88. The Morgan fingerprint density at radius 3 is 2.75 bits per heavy atom. The number of carbonyl (C=O) groups excluding carboxylic acids is 2. The number of benzene rings is 2. The Morgan fingerprint density at radius 2 is 1.94 bits per heavy atom. The van der Waals surface area contributed by atoms with Gasteiger partial charge in [0.1, 0.15) is 22.2 Å². The van der Waals surface area contributed by atoms with E-state index in [4.69, 9.17) is 30.5 Å². The van der Waals surface area contributed by atoms with Crippen molar-refractivity contribution in [2.24, 2.45) is 0 Å². The Hall–Kier alpha value is -3.30. The van der Waals surface area contributed by atoms with Crippen molar-refractivity contribution in [2.75, 3.05) is 13.4 Å². The number of aryl methyl sites for hydroxylation is 1. The van der Waals surface area contributed by atoms with Gasteiger partial charge in [-0.1, -0.05) is 17.7 Å². The average molecular weight is 475 g/mol. The first-order valence-corrected chi connectivity index (χ1v) is 10.8. The van der Waals surface area contributed by atoms with E-state index in [1.54, 1.807) is 43.3 Å². The lowest BCUT2D eigenvalue weighted by atomic mass is 10.2. The lowest BCUT2D eigenvalue weighted by Crippen LogP contribution is -2.28. The highest BCUT2D eigenvalue weighted by atomic mass is 35.5. The van der Waals surface area contributed by atoms with Crippen molar-refractivity contribution in [3.63, 3.8) is 0 Å². The van der Waals surface area contributed by atoms with E-state index in [2.05, 4.69) is 10.3 Å². The highest BCUT2D eigenvalue weighted by molar-refractivity contribution is 7.13. The van der Waals surface area contributed by atoms with E-state index < -0.39 is 18.5 Å². The van der Waals surface area contributed by atoms with Gasteiger partial charge in [-0.3, -0.25) is 4.79 Å². The van der Waals surface area contributed by atoms with Gasteiger partial charge in [0.25, 0.3) is 5.91 Å². The van der Waals surface area contributed by atoms with Crippen LogP contribution in [0, 0.1) is 6.92 Å². The standard InChI is InChI=1S/C22H19ClN2O6S/c1-13-21(32-20(25-13)11-28-16-5-3-15(23)4-6-16)22(27)29-10-19(26)24-9-14-2-7-17-18(8-14)31-12-30-17/h2-8H,9-12H2,1H3,(H,24,26). The first-order chi connectivity index (χ1) is 15.5. The number of hydrogen-bond donors (Lipinski definition) is 1. The highest BCUT2D eigenvalue weighted by Crippen LogP contribution is 2.32. The van der Waals surface area contributed by atoms with Gasteiger partial charge >= 0.3 is 5.97 Å². The number of thiazole rings is 1. The van der Waals surface area contributed by atoms with E-state index in [1.807, 2.05) is 6.07 Å². The summed E-state index contributed by atoms with van der Waals surface area (Å²) in [5.74, 6) is 0.942. The largest absolute Gasteiger partial charge is 0.486 e. The molecule has 0 fully saturated rings. The number of carbonyl (C=O) groups is 2. The van der Waals surface area contributed by atoms with Crippen LogP contribution in [0.15, 0.2) is 42.5 Å². The molecule has 3 aromatic rings. The van der Waals surface area contributed by atoms with Crippen LogP contribution in [-0.4, -0.2) is 30.3 Å². The van der Waals surface area contributed by atoms with Gasteiger partial charge in [-0.25, -0.2) is 9.78 Å². The van der Waals surface area contributed by atoms with Crippen molar-refractivity contribution in [2.45, 2.75) is 20.1 Å². The fourth-order valence-corrected chi connectivity index (χ4v) is 3.88. The van der Waals surface area contributed by atoms with Crippen molar-refractivity contribution >= 4 is 34.8 Å². The summed E-state index contributed by atoms with van der Waals surface area (Å²) in [6.45, 7) is 1.98. The first-order valence-electron chi connectivity index (χ1n) is 9.65. The molecule has 1 N–H and O–H groups in total. The summed E-state index contributed by atoms with van der Waals surface area (Å²) in [7, 11) is 0. The number of esters is 1. The normalized spacial score (nSPS) is 11.8. The first kappa shape index (κ1) is 21.9. The quantitative estimate of drug-likeness (QED) is 0.495. The molecular formula is C22H19ClN2O6S. The van der Waals surface area contributed by atoms with E-state index in [0.717, 1.165) is 5.56 Å². The van der Waals surface area contributed by atoms with E-state index in [1.165, 1.54) is 11.3 Å². The van der Waals surface area contributed by atoms with E-state index in [9.17, 15) is 9.59 Å². The van der Waals surface area contributed by atoms with Gasteiger partial charge in [0.15, 0.2) is 18.1 Å². The fraction of sp³-hybridized carbons (Fsp3) is 0.227. The molecule has 1 amide bonds. The van der Waals surface area contributed by atoms with Gasteiger partial charge in [-0.15, -0.1) is 11.3 Å². The number of ether oxygens (including phenoxy) is 4. The molecule has 1 aliphatic rings. The van der Waals surface area contributed by atoms with Gasteiger partial charge in [-0.2, -0.15) is 0 Å². The minimum atomic E-state index is -0.601. The summed E-state index contributed by atoms with van der Waals surface area (Å²) in [4.78, 5) is 29.1. The van der Waals surface area contributed by atoms with Gasteiger partial charge in [0.05, 0.1) is 5.69 Å². The molecule has 0 bridgehead atoms. The molecule has 32 heavy (non-hydrogen) atoms. The SMILES string of the molecule is Cc1nc(COc2ccc(Cl)cc2)sc1C(=O)OCC(=O)NCc1ccc2c(c1)OCO2. The molecule has 0 radical (unpaired) electrons. The van der Waals surface area contributed by atoms with Gasteiger partial charge in [0, 0.05) is 11.6 Å². The zero-order valence-electron chi connectivity index (χ0n) is 17.1. The number of nitrogens with zero attached hydrogens (tertiary/aromatic N) is 1. The molecule has 166 valence electrons. The monoisotopic (exact) mass is 474 g/mol. The molecule has 2 heterocycles. The van der Waals surface area contributed by atoms with Gasteiger partial charge < -0.3 is 24.3 Å². The number of rotatable bonds is 8. The third kappa shape index (κ3) is 5.49. The predicted octanol–water partition coefficient (Wildman–Crippen LogP) is 3.89. The average Bonchev–Trinajstić information content (AvgIpc) is 3.41. The molecule has 1 aromatic heterocycles. The summed E-state index contributed by atoms with van der Waals surface area (Å²) < 4.78 is 21.4. The molecule has 8 nitrogen and oxygen atoms in total. The van der Waals surface area contributed by atoms with Crippen LogP contribution in [0.3, 0.4) is 0 Å². The molecule has 0 atom stereocenters. The van der Waals surface area contributed by atoms with Crippen molar-refractivity contribution < 1.29 is 28.5 Å². The van der Waals surface area contributed by atoms with Crippen LogP contribution in [0.4, 0.5) is 0 Å². The molecule has 0 spiro atoms. The molecule has 0 saturated heterocycles. The molecule has 4 rings (SSSR count). The summed E-state index contributed by atoms with van der Waals surface area (Å²) in [6, 6.07) is 12.4. The Morgan fingerprint density at radius 1 is 1.16 bits per heavy atom. The van der Waals surface area contributed by atoms with Gasteiger partial charge in [0.2, 0.25) is 6.79 Å². The molecule has 0 aliphatic carbocycles. The van der Waals surface area contributed by atoms with Crippen molar-refractivity contribution in [3.8, 4) is 17.2 Å². The van der Waals surface area contributed by atoms with Crippen LogP contribution in [0.1, 0.15) is 25.9 Å². The minimum absolute atomic E-state index is 0.188. The Bertz CT molecular complexity index is 1130. The lowest BCUT2D eigenvalue weighted by Gasteiger charge is -2.07. The van der Waals surface area contributed by atoms with Crippen LogP contribution in [0.25, 0.3) is 0 Å². The Labute approximate surface area is 193 Å². The summed E-state index contributed by atoms with van der Waals surface area (Å²) in [6.07, 6.45) is 0. The molecule has 1 aliphatic heterocycles. The molecule has 10 heteroatoms. The zero-order valence-corrected chi connectivity index (χ0v) is 18.6. The summed E-state index contributed by atoms with van der Waals surface area (Å²) in [5.41, 5.74) is 1.37. The van der Waals surface area contributed by atoms with Crippen LogP contribution in [-0.2, 0) is 22.7 Å². The van der Waals surface area contributed by atoms with E-state index in [0.29, 0.717) is 37.8 Å². The topological polar surface area (TPSA) is 96.0 Å². The fourth-order valence-electron chi connectivity index (χ4n) is 2.88. The highest BCUT2D eigenvalue weighted by Gasteiger charge is 2.19. The van der Waals surface area contributed by atoms with Crippen molar-refractivity contribution in [1.29, 1.82) is 0 Å². The Kier molecular flexibility index (Phi) is 6.77. The zero-order chi connectivity index (χ0) is 22.5. The molecular weight excluding hydrogens is 456 g/mol. The second-order valence-corrected chi connectivity index (χ2v) is 8.33. The second-order valence-electron chi connectivity index (χ2n) is 6.81. The number of nitrogens with one attached hydrogen (secondary N) is 1. The third-order valence-electron chi connectivity index (χ3n) is 4.46. The summed E-state index contributed by atoms with van der Waals surface area (Å²) >= 11 is 7.02.